The number of rotatable bonds is 6. The minimum atomic E-state index is 0.286. The summed E-state index contributed by atoms with van der Waals surface area (Å²) in [7, 11) is 0. The summed E-state index contributed by atoms with van der Waals surface area (Å²) >= 11 is 0. The second kappa shape index (κ2) is 10.6. The number of fused-ring (bicyclic) bond motifs is 3. The first-order chi connectivity index (χ1) is 19.1. The van der Waals surface area contributed by atoms with Crippen LogP contribution in [-0.2, 0) is 0 Å². The van der Waals surface area contributed by atoms with Crippen LogP contribution in [0.2, 0.25) is 0 Å². The van der Waals surface area contributed by atoms with Crippen molar-refractivity contribution < 1.29 is 0 Å². The molecular weight excluding hydrogens is 467 g/mol. The highest BCUT2D eigenvalue weighted by Gasteiger charge is 2.32. The third kappa shape index (κ3) is 4.85. The molecule has 0 spiro atoms. The highest BCUT2D eigenvalue weighted by molar-refractivity contribution is 6.99. The zero-order valence-corrected chi connectivity index (χ0v) is 22.6. The Morgan fingerprint density at radius 1 is 0.667 bits per heavy atom. The maximum Gasteiger partial charge on any atom is 0.242 e. The highest BCUT2D eigenvalue weighted by Crippen LogP contribution is 2.28. The van der Waals surface area contributed by atoms with Crippen molar-refractivity contribution in [1.29, 1.82) is 0 Å². The molecule has 0 N–H and O–H groups in total. The smallest absolute Gasteiger partial charge is 0.0911 e. The first-order valence-electron chi connectivity index (χ1n) is 13.6. The van der Waals surface area contributed by atoms with Crippen LogP contribution in [0.15, 0.2) is 146 Å². The lowest BCUT2D eigenvalue weighted by atomic mass is 9.39. The van der Waals surface area contributed by atoms with E-state index in [4.69, 9.17) is 0 Å². The van der Waals surface area contributed by atoms with Gasteiger partial charge in [0, 0.05) is 0 Å². The van der Waals surface area contributed by atoms with Crippen molar-refractivity contribution in [3.63, 3.8) is 0 Å². The molecule has 6 rings (SSSR count). The van der Waals surface area contributed by atoms with Gasteiger partial charge in [0.05, 0.1) is 0 Å². The Balaban J connectivity index is 1.27. The molecule has 0 aromatic heterocycles. The zero-order chi connectivity index (χ0) is 26.8. The minimum Gasteiger partial charge on any atom is -0.0911 e. The van der Waals surface area contributed by atoms with Gasteiger partial charge >= 0.3 is 0 Å². The van der Waals surface area contributed by atoms with Gasteiger partial charge in [0.2, 0.25) is 6.71 Å². The van der Waals surface area contributed by atoms with Crippen molar-refractivity contribution in [3.8, 4) is 22.3 Å². The van der Waals surface area contributed by atoms with Crippen LogP contribution >= 0.6 is 0 Å². The zero-order valence-electron chi connectivity index (χ0n) is 22.6. The van der Waals surface area contributed by atoms with E-state index < -0.39 is 0 Å². The lowest BCUT2D eigenvalue weighted by Crippen LogP contribution is -2.48. The van der Waals surface area contributed by atoms with Crippen molar-refractivity contribution in [2.24, 2.45) is 0 Å². The standard InChI is InChI=1S/C38H31B/c1-27(13-12-14-28(2)35-26-32(22-21-29(35)3)30-15-6-4-7-16-30)31-23-24-38-36(25-31)34-19-10-11-20-37(34)39(38)33-17-8-5-9-18-33/h4-26H,2H2,1,3H3/b14-12-,27-13+. The molecule has 0 amide bonds. The Kier molecular flexibility index (Phi) is 6.74. The molecule has 1 heterocycles. The lowest BCUT2D eigenvalue weighted by molar-refractivity contribution is 1.43. The van der Waals surface area contributed by atoms with Gasteiger partial charge in [-0.15, -0.1) is 0 Å². The van der Waals surface area contributed by atoms with Gasteiger partial charge in [-0.1, -0.05) is 150 Å². The molecule has 0 unspecified atom stereocenters. The molecule has 5 aromatic rings. The molecule has 1 heteroatoms. The molecule has 1 aliphatic heterocycles. The molecule has 0 saturated heterocycles. The predicted octanol–water partition coefficient (Wildman–Crippen LogP) is 7.83. The number of allylic oxidation sites excluding steroid dienone is 5. The molecule has 0 saturated carbocycles. The van der Waals surface area contributed by atoms with E-state index in [9.17, 15) is 0 Å². The Morgan fingerprint density at radius 3 is 2.15 bits per heavy atom. The van der Waals surface area contributed by atoms with Gasteiger partial charge in [0.1, 0.15) is 0 Å². The Labute approximate surface area is 232 Å². The van der Waals surface area contributed by atoms with E-state index >= 15 is 0 Å². The molecule has 0 fully saturated rings. The fraction of sp³-hybridized carbons (Fsp3) is 0.0526. The molecule has 39 heavy (non-hydrogen) atoms. The first kappa shape index (κ1) is 24.7. The average Bonchev–Trinajstić information content (AvgIpc) is 3.32. The Bertz CT molecular complexity index is 1720. The van der Waals surface area contributed by atoms with E-state index in [1.165, 1.54) is 60.9 Å². The number of aryl methyl sites for hydroxylation is 1. The van der Waals surface area contributed by atoms with Crippen molar-refractivity contribution in [2.75, 3.05) is 0 Å². The average molecular weight is 498 g/mol. The summed E-state index contributed by atoms with van der Waals surface area (Å²) in [6.45, 7) is 9.00. The van der Waals surface area contributed by atoms with Crippen LogP contribution in [0.5, 0.6) is 0 Å². The third-order valence-corrected chi connectivity index (χ3v) is 7.85. The maximum atomic E-state index is 4.38. The van der Waals surface area contributed by atoms with Gasteiger partial charge < -0.3 is 0 Å². The lowest BCUT2D eigenvalue weighted by Gasteiger charge is -2.11. The molecule has 186 valence electrons. The summed E-state index contributed by atoms with van der Waals surface area (Å²) in [4.78, 5) is 0. The topological polar surface area (TPSA) is 0 Å². The van der Waals surface area contributed by atoms with Gasteiger partial charge in [-0.2, -0.15) is 0 Å². The molecule has 5 aromatic carbocycles. The van der Waals surface area contributed by atoms with Crippen LogP contribution < -0.4 is 16.4 Å². The van der Waals surface area contributed by atoms with Gasteiger partial charge in [0.25, 0.3) is 0 Å². The van der Waals surface area contributed by atoms with E-state index in [1.807, 2.05) is 0 Å². The second-order valence-electron chi connectivity index (χ2n) is 10.4. The normalized spacial score (nSPS) is 12.5. The van der Waals surface area contributed by atoms with E-state index in [2.05, 4.69) is 160 Å². The summed E-state index contributed by atoms with van der Waals surface area (Å²) in [5.41, 5.74) is 15.1. The molecule has 0 aliphatic carbocycles. The second-order valence-corrected chi connectivity index (χ2v) is 10.4. The summed E-state index contributed by atoms with van der Waals surface area (Å²) in [6, 6.07) is 43.7. The molecule has 0 atom stereocenters. The SMILES string of the molecule is C=C(/C=C\C=C(/C)c1ccc2c(c1)-c1ccccc1B2c1ccccc1)c1cc(-c2ccccc2)ccc1C. The summed E-state index contributed by atoms with van der Waals surface area (Å²) in [6.07, 6.45) is 6.44. The van der Waals surface area contributed by atoms with Crippen LogP contribution in [0.25, 0.3) is 33.4 Å². The largest absolute Gasteiger partial charge is 0.242 e. The number of hydrogen-bond donors (Lipinski definition) is 0. The molecule has 0 bridgehead atoms. The van der Waals surface area contributed by atoms with E-state index in [1.54, 1.807) is 0 Å². The van der Waals surface area contributed by atoms with Crippen LogP contribution in [-0.4, -0.2) is 6.71 Å². The predicted molar refractivity (Wildman–Crippen MR) is 171 cm³/mol. The fourth-order valence-electron chi connectivity index (χ4n) is 5.73. The van der Waals surface area contributed by atoms with Crippen LogP contribution in [0, 0.1) is 6.92 Å². The quantitative estimate of drug-likeness (QED) is 0.162. The van der Waals surface area contributed by atoms with Crippen molar-refractivity contribution in [3.05, 3.63) is 163 Å². The van der Waals surface area contributed by atoms with E-state index in [0.29, 0.717) is 0 Å². The number of benzene rings is 5. The van der Waals surface area contributed by atoms with Gasteiger partial charge in [-0.3, -0.25) is 0 Å². The van der Waals surface area contributed by atoms with Crippen LogP contribution in [0.3, 0.4) is 0 Å². The minimum absolute atomic E-state index is 0.286. The van der Waals surface area contributed by atoms with Crippen molar-refractivity contribution in [1.82, 2.24) is 0 Å². The molecular formula is C38H31B. The number of hydrogen-bond acceptors (Lipinski definition) is 0. The van der Waals surface area contributed by atoms with E-state index in [0.717, 1.165) is 5.57 Å². The molecule has 0 nitrogen and oxygen atoms in total. The summed E-state index contributed by atoms with van der Waals surface area (Å²) < 4.78 is 0. The Hall–Kier alpha value is -4.62. The molecule has 0 radical (unpaired) electrons. The van der Waals surface area contributed by atoms with Crippen LogP contribution in [0.1, 0.15) is 23.6 Å². The van der Waals surface area contributed by atoms with E-state index in [-0.39, 0.29) is 6.71 Å². The maximum absolute atomic E-state index is 4.38. The fourth-order valence-corrected chi connectivity index (χ4v) is 5.73. The van der Waals surface area contributed by atoms with Gasteiger partial charge in [0.15, 0.2) is 0 Å². The Morgan fingerprint density at radius 2 is 1.36 bits per heavy atom. The first-order valence-corrected chi connectivity index (χ1v) is 13.6. The van der Waals surface area contributed by atoms with Crippen molar-refractivity contribution in [2.45, 2.75) is 13.8 Å². The highest BCUT2D eigenvalue weighted by atomic mass is 14.2. The monoisotopic (exact) mass is 498 g/mol. The third-order valence-electron chi connectivity index (χ3n) is 7.85. The van der Waals surface area contributed by atoms with Crippen LogP contribution in [0.4, 0.5) is 0 Å². The van der Waals surface area contributed by atoms with Crippen molar-refractivity contribution >= 4 is 34.2 Å². The summed E-state index contributed by atoms with van der Waals surface area (Å²) in [5, 5.41) is 0. The molecule has 1 aliphatic rings. The summed E-state index contributed by atoms with van der Waals surface area (Å²) in [5.74, 6) is 0. The van der Waals surface area contributed by atoms with Gasteiger partial charge in [-0.05, 0) is 76.1 Å². The van der Waals surface area contributed by atoms with Gasteiger partial charge in [-0.25, -0.2) is 0 Å².